The summed E-state index contributed by atoms with van der Waals surface area (Å²) in [4.78, 5) is 0. The van der Waals surface area contributed by atoms with Crippen molar-refractivity contribution >= 4 is 11.6 Å². The summed E-state index contributed by atoms with van der Waals surface area (Å²) in [5.41, 5.74) is 10.3. The van der Waals surface area contributed by atoms with Crippen LogP contribution in [0, 0.1) is 29.6 Å². The number of fused-ring (bicyclic) bond motifs is 7. The molecule has 1 fully saturated rings. The van der Waals surface area contributed by atoms with Gasteiger partial charge in [-0.15, -0.1) is 0 Å². The second-order valence-corrected chi connectivity index (χ2v) is 12.2. The van der Waals surface area contributed by atoms with E-state index in [1.165, 1.54) is 51.1 Å². The van der Waals surface area contributed by atoms with Gasteiger partial charge in [-0.3, -0.25) is 0 Å². The van der Waals surface area contributed by atoms with Crippen LogP contribution in [0.5, 0.6) is 0 Å². The SMILES string of the molecule is C1=CC2=c3ccccc3=CC3OC4C(C5=CC=C6C=CC7C8=C(C=CC7C6C5)CCC=C8)=CC=CC4C(=C1)C23. The minimum atomic E-state index is 0.0605. The third-order valence-corrected chi connectivity index (χ3v) is 10.3. The molecule has 1 heteroatoms. The van der Waals surface area contributed by atoms with Crippen LogP contribution < -0.4 is 10.4 Å². The fourth-order valence-electron chi connectivity index (χ4n) is 8.54. The van der Waals surface area contributed by atoms with Crippen LogP contribution in [0.1, 0.15) is 19.3 Å². The Morgan fingerprint density at radius 3 is 2.77 bits per heavy atom. The predicted molar refractivity (Wildman–Crippen MR) is 159 cm³/mol. The van der Waals surface area contributed by atoms with Gasteiger partial charge < -0.3 is 4.74 Å². The quantitative estimate of drug-likeness (QED) is 0.423. The van der Waals surface area contributed by atoms with E-state index in [1.807, 2.05) is 0 Å². The molecule has 0 aromatic heterocycles. The van der Waals surface area contributed by atoms with Crippen molar-refractivity contribution in [2.45, 2.75) is 31.5 Å². The van der Waals surface area contributed by atoms with Crippen molar-refractivity contribution in [1.29, 1.82) is 0 Å². The Morgan fingerprint density at radius 1 is 0.795 bits per heavy atom. The van der Waals surface area contributed by atoms with Gasteiger partial charge in [-0.1, -0.05) is 109 Å². The number of hydrogen-bond acceptors (Lipinski definition) is 1. The lowest BCUT2D eigenvalue weighted by molar-refractivity contribution is -0.0139. The molecule has 39 heavy (non-hydrogen) atoms. The smallest absolute Gasteiger partial charge is 0.0936 e. The predicted octanol–water partition coefficient (Wildman–Crippen LogP) is 6.51. The van der Waals surface area contributed by atoms with E-state index in [0.717, 1.165) is 6.42 Å². The molecule has 7 unspecified atom stereocenters. The first kappa shape index (κ1) is 22.2. The van der Waals surface area contributed by atoms with E-state index in [2.05, 4.69) is 115 Å². The highest BCUT2D eigenvalue weighted by molar-refractivity contribution is 5.72. The molecule has 1 aromatic carbocycles. The van der Waals surface area contributed by atoms with Gasteiger partial charge in [-0.25, -0.2) is 0 Å². The average molecular weight is 505 g/mol. The monoisotopic (exact) mass is 504 g/mol. The van der Waals surface area contributed by atoms with E-state index in [-0.39, 0.29) is 18.1 Å². The van der Waals surface area contributed by atoms with Gasteiger partial charge in [-0.2, -0.15) is 0 Å². The minimum Gasteiger partial charge on any atom is -0.364 e. The van der Waals surface area contributed by atoms with Crippen LogP contribution in [0.2, 0.25) is 0 Å². The summed E-state index contributed by atoms with van der Waals surface area (Å²) in [7, 11) is 0. The van der Waals surface area contributed by atoms with Gasteiger partial charge in [0.2, 0.25) is 0 Å². The lowest BCUT2D eigenvalue weighted by Gasteiger charge is -2.47. The molecule has 1 saturated heterocycles. The van der Waals surface area contributed by atoms with E-state index < -0.39 is 0 Å². The Balaban J connectivity index is 1.07. The van der Waals surface area contributed by atoms with Gasteiger partial charge in [0.05, 0.1) is 12.2 Å². The molecular weight excluding hydrogens is 472 g/mol. The van der Waals surface area contributed by atoms with Gasteiger partial charge in [0.1, 0.15) is 0 Å². The van der Waals surface area contributed by atoms with E-state index in [1.54, 1.807) is 11.1 Å². The van der Waals surface area contributed by atoms with Crippen LogP contribution in [-0.4, -0.2) is 12.2 Å². The molecule has 0 N–H and O–H groups in total. The molecular formula is C38H32O. The van der Waals surface area contributed by atoms with Crippen LogP contribution in [0.4, 0.5) is 0 Å². The van der Waals surface area contributed by atoms with Crippen molar-refractivity contribution < 1.29 is 4.74 Å². The van der Waals surface area contributed by atoms with E-state index in [4.69, 9.17) is 4.74 Å². The summed E-state index contributed by atoms with van der Waals surface area (Å²) in [6.07, 6.45) is 39.3. The molecule has 190 valence electrons. The van der Waals surface area contributed by atoms with Crippen molar-refractivity contribution in [2.24, 2.45) is 29.6 Å². The fourth-order valence-corrected chi connectivity index (χ4v) is 8.54. The summed E-state index contributed by atoms with van der Waals surface area (Å²) < 4.78 is 7.09. The fraction of sp³-hybridized carbons (Fsp3) is 0.263. The summed E-state index contributed by atoms with van der Waals surface area (Å²) in [6.45, 7) is 0. The maximum Gasteiger partial charge on any atom is 0.0936 e. The molecule has 7 aliphatic carbocycles. The molecule has 0 bridgehead atoms. The van der Waals surface area contributed by atoms with E-state index in [0.29, 0.717) is 23.7 Å². The number of hydrogen-bond donors (Lipinski definition) is 0. The van der Waals surface area contributed by atoms with Crippen molar-refractivity contribution in [3.05, 3.63) is 153 Å². The van der Waals surface area contributed by atoms with Crippen molar-refractivity contribution in [3.8, 4) is 0 Å². The van der Waals surface area contributed by atoms with Crippen LogP contribution in [0.15, 0.2) is 143 Å². The van der Waals surface area contributed by atoms with E-state index in [9.17, 15) is 0 Å². The zero-order chi connectivity index (χ0) is 25.5. The number of ether oxygens (including phenoxy) is 1. The standard InChI is InChI=1S/C38H32O/c1-3-9-27-23(7-1)17-20-31-30(27)19-18-24-15-16-26(21-35(24)31)29-11-5-14-34-33-13-6-12-32-28-10-4-2-8-25(28)22-36(37(32)33)39-38(29)34/h2-6,8-20,22,30-31,34-38H,1,7,21H2. The number of benzene rings is 1. The van der Waals surface area contributed by atoms with Crippen molar-refractivity contribution in [3.63, 3.8) is 0 Å². The first-order valence-electron chi connectivity index (χ1n) is 14.7. The zero-order valence-corrected chi connectivity index (χ0v) is 22.0. The Kier molecular flexibility index (Phi) is 4.78. The summed E-state index contributed by atoms with van der Waals surface area (Å²) in [6, 6.07) is 8.80. The van der Waals surface area contributed by atoms with Crippen LogP contribution in [0.3, 0.4) is 0 Å². The molecule has 1 aromatic rings. The van der Waals surface area contributed by atoms with Crippen molar-refractivity contribution in [1.82, 2.24) is 0 Å². The van der Waals surface area contributed by atoms with Gasteiger partial charge in [-0.05, 0) is 86.6 Å². The Labute approximate surface area is 230 Å². The second kappa shape index (κ2) is 8.41. The summed E-state index contributed by atoms with van der Waals surface area (Å²) >= 11 is 0. The van der Waals surface area contributed by atoms with Crippen LogP contribution >= 0.6 is 0 Å². The summed E-state index contributed by atoms with van der Waals surface area (Å²) in [5, 5.41) is 2.66. The van der Waals surface area contributed by atoms with Crippen LogP contribution in [0.25, 0.3) is 11.6 Å². The lowest BCUT2D eigenvalue weighted by Crippen LogP contribution is -2.49. The Bertz CT molecular complexity index is 1740. The van der Waals surface area contributed by atoms with Crippen molar-refractivity contribution in [2.75, 3.05) is 0 Å². The van der Waals surface area contributed by atoms with Gasteiger partial charge in [0, 0.05) is 17.8 Å². The molecule has 0 amide bonds. The highest BCUT2D eigenvalue weighted by atomic mass is 16.5. The Hall–Kier alpha value is -3.68. The van der Waals surface area contributed by atoms with Gasteiger partial charge in [0.15, 0.2) is 0 Å². The molecule has 8 aliphatic rings. The largest absolute Gasteiger partial charge is 0.364 e. The third kappa shape index (κ3) is 3.23. The minimum absolute atomic E-state index is 0.0605. The third-order valence-electron chi connectivity index (χ3n) is 10.3. The number of allylic oxidation sites excluding steroid dienone is 16. The summed E-state index contributed by atoms with van der Waals surface area (Å²) in [5.74, 6) is 2.15. The maximum absolute atomic E-state index is 7.09. The van der Waals surface area contributed by atoms with Gasteiger partial charge >= 0.3 is 0 Å². The maximum atomic E-state index is 7.09. The topological polar surface area (TPSA) is 9.23 Å². The zero-order valence-electron chi connectivity index (χ0n) is 22.0. The van der Waals surface area contributed by atoms with Gasteiger partial charge in [0.25, 0.3) is 0 Å². The molecule has 0 spiro atoms. The number of rotatable bonds is 1. The first-order chi connectivity index (χ1) is 19.3. The molecule has 1 heterocycles. The molecule has 0 radical (unpaired) electrons. The van der Waals surface area contributed by atoms with Crippen LogP contribution in [-0.2, 0) is 4.74 Å². The lowest BCUT2D eigenvalue weighted by atomic mass is 9.62. The molecule has 1 aliphatic heterocycles. The molecule has 1 nitrogen and oxygen atoms in total. The second-order valence-electron chi connectivity index (χ2n) is 12.2. The molecule has 9 rings (SSSR count). The highest BCUT2D eigenvalue weighted by Gasteiger charge is 2.46. The average Bonchev–Trinajstić information content (AvgIpc) is 3.00. The van der Waals surface area contributed by atoms with E-state index >= 15 is 0 Å². The Morgan fingerprint density at radius 2 is 1.77 bits per heavy atom. The molecule has 0 saturated carbocycles. The highest BCUT2D eigenvalue weighted by Crippen LogP contribution is 2.51. The first-order valence-corrected chi connectivity index (χ1v) is 14.7. The normalized spacial score (nSPS) is 36.2. The molecule has 7 atom stereocenters.